The molecule has 108 valence electrons. The normalized spacial score (nSPS) is 12.3. The van der Waals surface area contributed by atoms with Crippen molar-refractivity contribution in [2.45, 2.75) is 45.6 Å². The fourth-order valence-corrected chi connectivity index (χ4v) is 2.56. The standard InChI is InChI=1S/C17H24N2O/c1-3-5-16(19-13-12-18-14-19)9-6-15-7-10-17(11-8-15)20-4-2/h7-8,10-14,16H,3-6,9H2,1-2H3/p+1. The van der Waals surface area contributed by atoms with Gasteiger partial charge in [-0.05, 0) is 43.9 Å². The second kappa shape index (κ2) is 7.73. The van der Waals surface area contributed by atoms with Crippen LogP contribution in [0.25, 0.3) is 0 Å². The number of H-pyrrole nitrogens is 1. The number of imidazole rings is 1. The van der Waals surface area contributed by atoms with Crippen LogP contribution in [-0.4, -0.2) is 11.6 Å². The molecular formula is C17H25N2O+. The highest BCUT2D eigenvalue weighted by atomic mass is 16.5. The molecule has 1 heterocycles. The average molecular weight is 273 g/mol. The maximum Gasteiger partial charge on any atom is 0.241 e. The molecule has 1 atom stereocenters. The summed E-state index contributed by atoms with van der Waals surface area (Å²) < 4.78 is 7.77. The Labute approximate surface area is 121 Å². The molecule has 1 N–H and O–H groups in total. The van der Waals surface area contributed by atoms with Crippen molar-refractivity contribution in [3.8, 4) is 5.75 Å². The van der Waals surface area contributed by atoms with E-state index in [4.69, 9.17) is 4.74 Å². The van der Waals surface area contributed by atoms with E-state index >= 15 is 0 Å². The van der Waals surface area contributed by atoms with E-state index in [1.54, 1.807) is 0 Å². The molecule has 0 radical (unpaired) electrons. The van der Waals surface area contributed by atoms with Crippen LogP contribution in [0.5, 0.6) is 5.75 Å². The van der Waals surface area contributed by atoms with Crippen molar-refractivity contribution >= 4 is 0 Å². The molecule has 0 saturated heterocycles. The van der Waals surface area contributed by atoms with E-state index in [1.807, 2.05) is 13.1 Å². The van der Waals surface area contributed by atoms with E-state index in [0.29, 0.717) is 6.04 Å². The second-order valence-corrected chi connectivity index (χ2v) is 5.12. The van der Waals surface area contributed by atoms with Crippen LogP contribution in [-0.2, 0) is 6.42 Å². The largest absolute Gasteiger partial charge is 0.494 e. The summed E-state index contributed by atoms with van der Waals surface area (Å²) in [5, 5.41) is 0. The number of aryl methyl sites for hydroxylation is 1. The van der Waals surface area contributed by atoms with Gasteiger partial charge in [0, 0.05) is 0 Å². The van der Waals surface area contributed by atoms with Gasteiger partial charge in [-0.3, -0.25) is 4.98 Å². The quantitative estimate of drug-likeness (QED) is 0.730. The molecule has 3 nitrogen and oxygen atoms in total. The van der Waals surface area contributed by atoms with E-state index in [-0.39, 0.29) is 0 Å². The molecule has 1 aromatic heterocycles. The predicted octanol–water partition coefficient (Wildman–Crippen LogP) is 3.67. The summed E-state index contributed by atoms with van der Waals surface area (Å²) in [6.07, 6.45) is 10.9. The molecule has 1 aromatic carbocycles. The number of aromatic amines is 1. The third kappa shape index (κ3) is 4.12. The van der Waals surface area contributed by atoms with Crippen LogP contribution in [0, 0.1) is 0 Å². The fraction of sp³-hybridized carbons (Fsp3) is 0.471. The van der Waals surface area contributed by atoms with Gasteiger partial charge in [-0.2, -0.15) is 0 Å². The summed E-state index contributed by atoms with van der Waals surface area (Å²) in [6, 6.07) is 9.07. The van der Waals surface area contributed by atoms with Crippen molar-refractivity contribution in [3.05, 3.63) is 48.5 Å². The van der Waals surface area contributed by atoms with Gasteiger partial charge in [-0.15, -0.1) is 0 Å². The first-order chi connectivity index (χ1) is 9.83. The summed E-state index contributed by atoms with van der Waals surface area (Å²) >= 11 is 0. The molecule has 2 aromatic rings. The summed E-state index contributed by atoms with van der Waals surface area (Å²) in [5.41, 5.74) is 1.38. The molecule has 0 fully saturated rings. The molecule has 0 amide bonds. The molecule has 2 rings (SSSR count). The second-order valence-electron chi connectivity index (χ2n) is 5.12. The maximum atomic E-state index is 5.48. The first-order valence-electron chi connectivity index (χ1n) is 7.58. The minimum absolute atomic E-state index is 0.581. The van der Waals surface area contributed by atoms with E-state index in [9.17, 15) is 0 Å². The van der Waals surface area contributed by atoms with Crippen LogP contribution in [0.3, 0.4) is 0 Å². The van der Waals surface area contributed by atoms with Gasteiger partial charge in [-0.1, -0.05) is 25.5 Å². The topological polar surface area (TPSA) is 28.9 Å². The zero-order chi connectivity index (χ0) is 14.2. The predicted molar refractivity (Wildman–Crippen MR) is 80.9 cm³/mol. The van der Waals surface area contributed by atoms with E-state index < -0.39 is 0 Å². The highest BCUT2D eigenvalue weighted by Crippen LogP contribution is 2.17. The van der Waals surface area contributed by atoms with E-state index in [0.717, 1.165) is 18.8 Å². The van der Waals surface area contributed by atoms with Crippen molar-refractivity contribution < 1.29 is 9.30 Å². The molecular weight excluding hydrogens is 248 g/mol. The zero-order valence-corrected chi connectivity index (χ0v) is 12.5. The molecule has 0 aliphatic rings. The average Bonchev–Trinajstić information content (AvgIpc) is 2.99. The lowest BCUT2D eigenvalue weighted by Crippen LogP contribution is -2.37. The highest BCUT2D eigenvalue weighted by Gasteiger charge is 2.14. The number of nitrogens with zero attached hydrogens (tertiary/aromatic N) is 1. The van der Waals surface area contributed by atoms with Crippen LogP contribution >= 0.6 is 0 Å². The zero-order valence-electron chi connectivity index (χ0n) is 12.5. The highest BCUT2D eigenvalue weighted by molar-refractivity contribution is 5.27. The van der Waals surface area contributed by atoms with Crippen LogP contribution in [0.15, 0.2) is 43.0 Å². The summed E-state index contributed by atoms with van der Waals surface area (Å²) in [7, 11) is 0. The van der Waals surface area contributed by atoms with Crippen LogP contribution in [0.4, 0.5) is 0 Å². The Kier molecular flexibility index (Phi) is 5.66. The van der Waals surface area contributed by atoms with Gasteiger partial charge in [-0.25, -0.2) is 4.57 Å². The first kappa shape index (κ1) is 14.6. The number of hydrogen-bond donors (Lipinski definition) is 1. The van der Waals surface area contributed by atoms with Gasteiger partial charge >= 0.3 is 0 Å². The monoisotopic (exact) mass is 273 g/mol. The lowest BCUT2D eigenvalue weighted by Gasteiger charge is -2.13. The number of aromatic nitrogens is 2. The molecule has 0 saturated carbocycles. The summed E-state index contributed by atoms with van der Waals surface area (Å²) in [5.74, 6) is 0.960. The SMILES string of the molecule is CCCC(CCc1ccc(OCC)cc1)[n+]1cc[nH]c1. The van der Waals surface area contributed by atoms with Crippen molar-refractivity contribution in [3.63, 3.8) is 0 Å². The molecule has 0 spiro atoms. The molecule has 1 unspecified atom stereocenters. The lowest BCUT2D eigenvalue weighted by molar-refractivity contribution is -0.723. The number of hydrogen-bond acceptors (Lipinski definition) is 1. The number of nitrogens with one attached hydrogen (secondary N) is 1. The Morgan fingerprint density at radius 2 is 1.95 bits per heavy atom. The molecule has 3 heteroatoms. The Morgan fingerprint density at radius 3 is 2.55 bits per heavy atom. The number of benzene rings is 1. The maximum absolute atomic E-state index is 5.48. The lowest BCUT2D eigenvalue weighted by atomic mass is 10.0. The van der Waals surface area contributed by atoms with Gasteiger partial charge in [0.15, 0.2) is 0 Å². The van der Waals surface area contributed by atoms with Crippen LogP contribution in [0.2, 0.25) is 0 Å². The molecule has 0 bridgehead atoms. The third-order valence-corrected chi connectivity index (χ3v) is 3.61. The smallest absolute Gasteiger partial charge is 0.241 e. The van der Waals surface area contributed by atoms with Crippen molar-refractivity contribution in [1.82, 2.24) is 4.98 Å². The van der Waals surface area contributed by atoms with Gasteiger partial charge in [0.1, 0.15) is 24.2 Å². The Bertz CT molecular complexity index is 476. The van der Waals surface area contributed by atoms with Crippen LogP contribution in [0.1, 0.15) is 44.7 Å². The third-order valence-electron chi connectivity index (χ3n) is 3.61. The molecule has 0 aliphatic carbocycles. The minimum atomic E-state index is 0.581. The van der Waals surface area contributed by atoms with Crippen molar-refractivity contribution in [1.29, 1.82) is 0 Å². The molecule has 0 aliphatic heterocycles. The van der Waals surface area contributed by atoms with Gasteiger partial charge in [0.05, 0.1) is 6.61 Å². The Morgan fingerprint density at radius 1 is 1.15 bits per heavy atom. The number of rotatable bonds is 8. The van der Waals surface area contributed by atoms with E-state index in [1.165, 1.54) is 24.8 Å². The first-order valence-corrected chi connectivity index (χ1v) is 7.58. The molecule has 20 heavy (non-hydrogen) atoms. The summed E-state index contributed by atoms with van der Waals surface area (Å²) in [6.45, 7) is 4.98. The van der Waals surface area contributed by atoms with Gasteiger partial charge < -0.3 is 4.74 Å². The Hall–Kier alpha value is -1.77. The number of ether oxygens (including phenoxy) is 1. The summed E-state index contributed by atoms with van der Waals surface area (Å²) in [4.78, 5) is 3.13. The van der Waals surface area contributed by atoms with Crippen molar-refractivity contribution in [2.75, 3.05) is 6.61 Å². The van der Waals surface area contributed by atoms with Crippen LogP contribution < -0.4 is 9.30 Å². The van der Waals surface area contributed by atoms with E-state index in [2.05, 4.69) is 53.3 Å². The Balaban J connectivity index is 1.92. The minimum Gasteiger partial charge on any atom is -0.494 e. The van der Waals surface area contributed by atoms with Gasteiger partial charge in [0.25, 0.3) is 0 Å². The van der Waals surface area contributed by atoms with Crippen molar-refractivity contribution in [2.24, 2.45) is 0 Å². The van der Waals surface area contributed by atoms with Gasteiger partial charge in [0.2, 0.25) is 6.33 Å². The fourth-order valence-electron chi connectivity index (χ4n) is 2.56.